The van der Waals surface area contributed by atoms with Crippen LogP contribution in [-0.2, 0) is 11.2 Å². The van der Waals surface area contributed by atoms with E-state index in [0.29, 0.717) is 24.2 Å². The molecule has 5 nitrogen and oxygen atoms in total. The van der Waals surface area contributed by atoms with Crippen LogP contribution in [0.2, 0.25) is 0 Å². The van der Waals surface area contributed by atoms with Crippen LogP contribution in [0, 0.1) is 6.92 Å². The van der Waals surface area contributed by atoms with Gasteiger partial charge >= 0.3 is 0 Å². The third kappa shape index (κ3) is 5.56. The van der Waals surface area contributed by atoms with E-state index in [0.717, 1.165) is 22.5 Å². The molecule has 1 aromatic heterocycles. The van der Waals surface area contributed by atoms with Crippen LogP contribution in [0.15, 0.2) is 97.2 Å². The molecule has 0 aliphatic heterocycles. The first-order valence-corrected chi connectivity index (χ1v) is 11.3. The molecule has 34 heavy (non-hydrogen) atoms. The summed E-state index contributed by atoms with van der Waals surface area (Å²) in [5, 5.41) is 2.98. The van der Waals surface area contributed by atoms with Crippen LogP contribution in [0.25, 0.3) is 11.1 Å². The van der Waals surface area contributed by atoms with Crippen LogP contribution >= 0.6 is 0 Å². The molecule has 4 aromatic rings. The Labute approximate surface area is 200 Å². The van der Waals surface area contributed by atoms with Crippen molar-refractivity contribution in [3.05, 3.63) is 114 Å². The van der Waals surface area contributed by atoms with Gasteiger partial charge in [0, 0.05) is 48.7 Å². The van der Waals surface area contributed by atoms with E-state index in [4.69, 9.17) is 0 Å². The zero-order valence-corrected chi connectivity index (χ0v) is 19.4. The Kier molecular flexibility index (Phi) is 7.13. The molecule has 1 heterocycles. The maximum Gasteiger partial charge on any atom is 0.256 e. The minimum atomic E-state index is -0.178. The second kappa shape index (κ2) is 10.6. The number of nitrogens with one attached hydrogen (secondary N) is 1. The lowest BCUT2D eigenvalue weighted by atomic mass is 9.98. The fourth-order valence-electron chi connectivity index (χ4n) is 3.83. The summed E-state index contributed by atoms with van der Waals surface area (Å²) >= 11 is 0. The molecule has 0 unspecified atom stereocenters. The number of amides is 2. The van der Waals surface area contributed by atoms with Crippen molar-refractivity contribution < 1.29 is 9.59 Å². The summed E-state index contributed by atoms with van der Waals surface area (Å²) in [7, 11) is 0. The first-order valence-electron chi connectivity index (χ1n) is 11.3. The average Bonchev–Trinajstić information content (AvgIpc) is 2.86. The van der Waals surface area contributed by atoms with Gasteiger partial charge in [-0.2, -0.15) is 0 Å². The Hall–Kier alpha value is -4.25. The fourth-order valence-corrected chi connectivity index (χ4v) is 3.83. The molecule has 0 spiro atoms. The van der Waals surface area contributed by atoms with Crippen molar-refractivity contribution in [2.75, 3.05) is 16.8 Å². The number of nitrogens with zero attached hydrogens (tertiary/aromatic N) is 2. The predicted molar refractivity (Wildman–Crippen MR) is 137 cm³/mol. The number of carbonyl (C=O) groups is 2. The molecule has 0 saturated heterocycles. The van der Waals surface area contributed by atoms with Gasteiger partial charge in [-0.3, -0.25) is 14.6 Å². The average molecular weight is 450 g/mol. The number of anilines is 2. The van der Waals surface area contributed by atoms with Gasteiger partial charge in [0.2, 0.25) is 5.91 Å². The van der Waals surface area contributed by atoms with Crippen molar-refractivity contribution in [2.24, 2.45) is 0 Å². The number of aromatic nitrogens is 1. The molecule has 0 aliphatic rings. The second-order valence-electron chi connectivity index (χ2n) is 8.15. The van der Waals surface area contributed by atoms with E-state index in [2.05, 4.69) is 10.3 Å². The van der Waals surface area contributed by atoms with Gasteiger partial charge in [-0.15, -0.1) is 0 Å². The smallest absolute Gasteiger partial charge is 0.256 e. The van der Waals surface area contributed by atoms with Gasteiger partial charge in [-0.25, -0.2) is 0 Å². The molecule has 0 fully saturated rings. The van der Waals surface area contributed by atoms with Crippen LogP contribution in [0.4, 0.5) is 11.4 Å². The molecule has 0 saturated carbocycles. The SMILES string of the molecule is CC(=O)N(CCc1ccccn1)c1ccc(NC(=O)c2ccccc2-c2ccc(C)cc2)cc1. The number of hydrogen-bond acceptors (Lipinski definition) is 3. The minimum Gasteiger partial charge on any atom is -0.322 e. The molecular weight excluding hydrogens is 422 g/mol. The van der Waals surface area contributed by atoms with Crippen LogP contribution in [0.5, 0.6) is 0 Å². The number of aryl methyl sites for hydroxylation is 1. The monoisotopic (exact) mass is 449 g/mol. The van der Waals surface area contributed by atoms with Crippen LogP contribution in [-0.4, -0.2) is 23.3 Å². The molecule has 0 radical (unpaired) electrons. The molecule has 5 heteroatoms. The summed E-state index contributed by atoms with van der Waals surface area (Å²) in [6.07, 6.45) is 2.41. The lowest BCUT2D eigenvalue weighted by Crippen LogP contribution is -2.30. The number of rotatable bonds is 7. The number of carbonyl (C=O) groups excluding carboxylic acids is 2. The Bertz CT molecular complexity index is 1270. The summed E-state index contributed by atoms with van der Waals surface area (Å²) < 4.78 is 0. The highest BCUT2D eigenvalue weighted by Gasteiger charge is 2.15. The van der Waals surface area contributed by atoms with E-state index >= 15 is 0 Å². The number of pyridine rings is 1. The zero-order chi connectivity index (χ0) is 23.9. The molecule has 4 rings (SSSR count). The molecule has 0 atom stereocenters. The van der Waals surface area contributed by atoms with Gasteiger partial charge in [0.25, 0.3) is 5.91 Å². The Morgan fingerprint density at radius 2 is 1.56 bits per heavy atom. The Morgan fingerprint density at radius 1 is 0.853 bits per heavy atom. The zero-order valence-electron chi connectivity index (χ0n) is 19.4. The Morgan fingerprint density at radius 3 is 2.24 bits per heavy atom. The third-order valence-corrected chi connectivity index (χ3v) is 5.67. The number of benzene rings is 3. The largest absolute Gasteiger partial charge is 0.322 e. The normalized spacial score (nSPS) is 10.5. The van der Waals surface area contributed by atoms with Crippen molar-refractivity contribution in [1.29, 1.82) is 0 Å². The molecular formula is C29H27N3O2. The van der Waals surface area contributed by atoms with Gasteiger partial charge in [0.1, 0.15) is 0 Å². The summed E-state index contributed by atoms with van der Waals surface area (Å²) in [6.45, 7) is 4.12. The van der Waals surface area contributed by atoms with Gasteiger partial charge in [0.15, 0.2) is 0 Å². The first kappa shape index (κ1) is 22.9. The quantitative estimate of drug-likeness (QED) is 0.382. The maximum atomic E-state index is 13.1. The standard InChI is InChI=1S/C29H27N3O2/c1-21-10-12-23(13-11-21)27-8-3-4-9-28(27)29(34)31-25-14-16-26(17-15-25)32(22(2)33)20-18-24-7-5-6-19-30-24/h3-17,19H,18,20H2,1-2H3,(H,31,34). The highest BCUT2D eigenvalue weighted by molar-refractivity contribution is 6.08. The predicted octanol–water partition coefficient (Wildman–Crippen LogP) is 5.90. The molecule has 0 aliphatic carbocycles. The molecule has 0 bridgehead atoms. The summed E-state index contributed by atoms with van der Waals surface area (Å²) in [4.78, 5) is 31.4. The maximum absolute atomic E-state index is 13.1. The van der Waals surface area contributed by atoms with Crippen LogP contribution in [0.3, 0.4) is 0 Å². The minimum absolute atomic E-state index is 0.0419. The number of hydrogen-bond donors (Lipinski definition) is 1. The third-order valence-electron chi connectivity index (χ3n) is 5.67. The molecule has 170 valence electrons. The van der Waals surface area contributed by atoms with Gasteiger partial charge in [-0.05, 0) is 60.5 Å². The Balaban J connectivity index is 1.48. The van der Waals surface area contributed by atoms with Crippen molar-refractivity contribution in [3.63, 3.8) is 0 Å². The van der Waals surface area contributed by atoms with E-state index in [-0.39, 0.29) is 11.8 Å². The van der Waals surface area contributed by atoms with Crippen molar-refractivity contribution in [3.8, 4) is 11.1 Å². The fraction of sp³-hybridized carbons (Fsp3) is 0.138. The van der Waals surface area contributed by atoms with E-state index in [1.54, 1.807) is 18.0 Å². The topological polar surface area (TPSA) is 62.3 Å². The van der Waals surface area contributed by atoms with E-state index in [9.17, 15) is 9.59 Å². The van der Waals surface area contributed by atoms with Crippen LogP contribution in [0.1, 0.15) is 28.5 Å². The van der Waals surface area contributed by atoms with Gasteiger partial charge in [0.05, 0.1) is 0 Å². The summed E-state index contributed by atoms with van der Waals surface area (Å²) in [5.74, 6) is -0.220. The summed E-state index contributed by atoms with van der Waals surface area (Å²) in [5.41, 5.74) is 6.04. The van der Waals surface area contributed by atoms with Crippen molar-refractivity contribution >= 4 is 23.2 Å². The lowest BCUT2D eigenvalue weighted by molar-refractivity contribution is -0.116. The summed E-state index contributed by atoms with van der Waals surface area (Å²) in [6, 6.07) is 28.8. The van der Waals surface area contributed by atoms with E-state index in [1.807, 2.05) is 97.9 Å². The van der Waals surface area contributed by atoms with E-state index in [1.165, 1.54) is 5.56 Å². The highest BCUT2D eigenvalue weighted by Crippen LogP contribution is 2.25. The van der Waals surface area contributed by atoms with Crippen molar-refractivity contribution in [1.82, 2.24) is 4.98 Å². The molecule has 3 aromatic carbocycles. The second-order valence-corrected chi connectivity index (χ2v) is 8.15. The van der Waals surface area contributed by atoms with Gasteiger partial charge in [-0.1, -0.05) is 54.1 Å². The van der Waals surface area contributed by atoms with Crippen LogP contribution < -0.4 is 10.2 Å². The first-order chi connectivity index (χ1) is 16.5. The van der Waals surface area contributed by atoms with Gasteiger partial charge < -0.3 is 10.2 Å². The van der Waals surface area contributed by atoms with Crippen molar-refractivity contribution in [2.45, 2.75) is 20.3 Å². The highest BCUT2D eigenvalue weighted by atomic mass is 16.2. The van der Waals surface area contributed by atoms with E-state index < -0.39 is 0 Å². The lowest BCUT2D eigenvalue weighted by Gasteiger charge is -2.21. The molecule has 2 amide bonds. The molecule has 1 N–H and O–H groups in total.